The Balaban J connectivity index is 2.19. The zero-order valence-corrected chi connectivity index (χ0v) is 13.1. The fourth-order valence-corrected chi connectivity index (χ4v) is 2.42. The Morgan fingerprint density at radius 2 is 2.15 bits per heavy atom. The second-order valence-electron chi connectivity index (χ2n) is 4.55. The van der Waals surface area contributed by atoms with Crippen molar-refractivity contribution in [3.05, 3.63) is 49.7 Å². The van der Waals surface area contributed by atoms with E-state index < -0.39 is 4.92 Å². The largest absolute Gasteiger partial charge is 0.381 e. The normalized spacial score (nSPS) is 10.6. The number of aryl methyl sites for hydroxylation is 2. The lowest BCUT2D eigenvalue weighted by molar-refractivity contribution is -0.385. The van der Waals surface area contributed by atoms with Gasteiger partial charge in [0.2, 0.25) is 0 Å². The van der Waals surface area contributed by atoms with Crippen LogP contribution in [0, 0.1) is 24.0 Å². The maximum atomic E-state index is 10.9. The second kappa shape index (κ2) is 5.62. The van der Waals surface area contributed by atoms with Gasteiger partial charge in [-0.25, -0.2) is 0 Å². The van der Waals surface area contributed by atoms with Crippen molar-refractivity contribution in [2.75, 3.05) is 5.32 Å². The lowest BCUT2D eigenvalue weighted by Crippen LogP contribution is -2.03. The molecule has 7 heteroatoms. The maximum absolute atomic E-state index is 10.9. The van der Waals surface area contributed by atoms with E-state index in [1.165, 1.54) is 6.07 Å². The number of nitrogens with one attached hydrogen (secondary N) is 1. The summed E-state index contributed by atoms with van der Waals surface area (Å²) < 4.78 is 2.30. The van der Waals surface area contributed by atoms with Crippen LogP contribution >= 0.6 is 15.9 Å². The minimum atomic E-state index is -0.407. The summed E-state index contributed by atoms with van der Waals surface area (Å²) >= 11 is 3.17. The van der Waals surface area contributed by atoms with Crippen LogP contribution in [0.25, 0.3) is 0 Å². The van der Waals surface area contributed by atoms with E-state index in [-0.39, 0.29) is 5.69 Å². The molecule has 0 radical (unpaired) electrons. The Morgan fingerprint density at radius 1 is 1.45 bits per heavy atom. The van der Waals surface area contributed by atoms with Gasteiger partial charge in [-0.05, 0) is 41.9 Å². The molecule has 0 amide bonds. The molecule has 20 heavy (non-hydrogen) atoms. The Labute approximate surface area is 125 Å². The highest BCUT2D eigenvalue weighted by Crippen LogP contribution is 2.28. The predicted molar refractivity (Wildman–Crippen MR) is 80.8 cm³/mol. The van der Waals surface area contributed by atoms with Crippen LogP contribution in [0.2, 0.25) is 0 Å². The molecule has 0 atom stereocenters. The topological polar surface area (TPSA) is 73.0 Å². The molecule has 0 unspecified atom stereocenters. The van der Waals surface area contributed by atoms with Gasteiger partial charge in [0, 0.05) is 36.6 Å². The molecule has 0 saturated carbocycles. The van der Waals surface area contributed by atoms with Crippen LogP contribution in [0.4, 0.5) is 11.4 Å². The molecule has 0 aliphatic heterocycles. The molecule has 1 aromatic heterocycles. The minimum Gasteiger partial charge on any atom is -0.381 e. The Morgan fingerprint density at radius 3 is 2.70 bits per heavy atom. The number of nitro groups is 1. The summed E-state index contributed by atoms with van der Waals surface area (Å²) in [5.41, 5.74) is 3.92. The van der Waals surface area contributed by atoms with Crippen LogP contribution in [0.3, 0.4) is 0 Å². The quantitative estimate of drug-likeness (QED) is 0.685. The highest BCUT2D eigenvalue weighted by atomic mass is 79.9. The molecule has 1 heterocycles. The van der Waals surface area contributed by atoms with Gasteiger partial charge in [-0.3, -0.25) is 14.8 Å². The van der Waals surface area contributed by atoms with E-state index >= 15 is 0 Å². The van der Waals surface area contributed by atoms with Crippen LogP contribution < -0.4 is 5.32 Å². The van der Waals surface area contributed by atoms with Crippen LogP contribution in [-0.2, 0) is 13.6 Å². The molecule has 6 nitrogen and oxygen atoms in total. The summed E-state index contributed by atoms with van der Waals surface area (Å²) in [6, 6.07) is 4.99. The van der Waals surface area contributed by atoms with Crippen LogP contribution in [0.1, 0.15) is 17.0 Å². The minimum absolute atomic E-state index is 0.0506. The van der Waals surface area contributed by atoms with E-state index in [1.807, 2.05) is 25.6 Å². The zero-order valence-electron chi connectivity index (χ0n) is 11.5. The molecule has 0 fully saturated rings. The fourth-order valence-electron chi connectivity index (χ4n) is 2.03. The molecular formula is C13H15BrN4O2. The van der Waals surface area contributed by atoms with E-state index in [4.69, 9.17) is 0 Å². The van der Waals surface area contributed by atoms with Crippen LogP contribution in [0.15, 0.2) is 22.7 Å². The molecule has 2 aromatic rings. The summed E-state index contributed by atoms with van der Waals surface area (Å²) in [5.74, 6) is 0. The van der Waals surface area contributed by atoms with E-state index in [1.54, 1.807) is 12.1 Å². The number of benzene rings is 1. The average molecular weight is 339 g/mol. The summed E-state index contributed by atoms with van der Waals surface area (Å²) in [6.07, 6.45) is 0. The standard InChI is InChI=1S/C13H15BrN4O2/c1-8-11(9(2)17(3)16-8)7-15-10-4-5-12(14)13(6-10)18(19)20/h4-6,15H,7H2,1-3H3. The van der Waals surface area contributed by atoms with Crippen LogP contribution in [-0.4, -0.2) is 14.7 Å². The van der Waals surface area contributed by atoms with Crippen molar-refractivity contribution in [2.24, 2.45) is 7.05 Å². The highest BCUT2D eigenvalue weighted by molar-refractivity contribution is 9.10. The number of hydrogen-bond acceptors (Lipinski definition) is 4. The second-order valence-corrected chi connectivity index (χ2v) is 5.40. The van der Waals surface area contributed by atoms with Crippen LogP contribution in [0.5, 0.6) is 0 Å². The smallest absolute Gasteiger partial charge is 0.285 e. The molecule has 0 aliphatic rings. The number of rotatable bonds is 4. The monoisotopic (exact) mass is 338 g/mol. The molecule has 0 saturated heterocycles. The first kappa shape index (κ1) is 14.5. The first-order valence-electron chi connectivity index (χ1n) is 6.07. The molecule has 1 aromatic carbocycles. The number of aromatic nitrogens is 2. The first-order valence-corrected chi connectivity index (χ1v) is 6.86. The summed E-state index contributed by atoms with van der Waals surface area (Å²) in [6.45, 7) is 4.54. The van der Waals surface area contributed by atoms with E-state index in [0.717, 1.165) is 17.0 Å². The van der Waals surface area contributed by atoms with Gasteiger partial charge in [0.1, 0.15) is 0 Å². The summed E-state index contributed by atoms with van der Waals surface area (Å²) in [5, 5.41) is 18.4. The third-order valence-electron chi connectivity index (χ3n) is 3.27. The Kier molecular flexibility index (Phi) is 4.08. The van der Waals surface area contributed by atoms with Gasteiger partial charge < -0.3 is 5.32 Å². The number of halogens is 1. The average Bonchev–Trinajstić information content (AvgIpc) is 2.62. The summed E-state index contributed by atoms with van der Waals surface area (Å²) in [7, 11) is 1.90. The SMILES string of the molecule is Cc1nn(C)c(C)c1CNc1ccc(Br)c([N+](=O)[O-])c1. The van der Waals surface area contributed by atoms with Gasteiger partial charge in [0.25, 0.3) is 5.69 Å². The lowest BCUT2D eigenvalue weighted by atomic mass is 10.2. The van der Waals surface area contributed by atoms with Crippen molar-refractivity contribution in [2.45, 2.75) is 20.4 Å². The Hall–Kier alpha value is -1.89. The van der Waals surface area contributed by atoms with Gasteiger partial charge in [-0.15, -0.1) is 0 Å². The molecular weight excluding hydrogens is 324 g/mol. The molecule has 0 spiro atoms. The molecule has 0 bridgehead atoms. The molecule has 1 N–H and O–H groups in total. The maximum Gasteiger partial charge on any atom is 0.285 e. The van der Waals surface area contributed by atoms with Gasteiger partial charge in [0.05, 0.1) is 15.1 Å². The van der Waals surface area contributed by atoms with Crippen molar-refractivity contribution in [1.82, 2.24) is 9.78 Å². The van der Waals surface area contributed by atoms with Gasteiger partial charge in [-0.2, -0.15) is 5.10 Å². The summed E-state index contributed by atoms with van der Waals surface area (Å²) in [4.78, 5) is 10.5. The van der Waals surface area contributed by atoms with Crippen molar-refractivity contribution in [3.8, 4) is 0 Å². The van der Waals surface area contributed by atoms with Crippen molar-refractivity contribution in [3.63, 3.8) is 0 Å². The highest BCUT2D eigenvalue weighted by Gasteiger charge is 2.13. The van der Waals surface area contributed by atoms with Crippen molar-refractivity contribution in [1.29, 1.82) is 0 Å². The first-order chi connectivity index (χ1) is 9.40. The number of hydrogen-bond donors (Lipinski definition) is 1. The van der Waals surface area contributed by atoms with E-state index in [9.17, 15) is 10.1 Å². The predicted octanol–water partition coefficient (Wildman–Crippen LogP) is 3.32. The number of nitrogens with zero attached hydrogens (tertiary/aromatic N) is 3. The van der Waals surface area contributed by atoms with Gasteiger partial charge in [-0.1, -0.05) is 0 Å². The fraction of sp³-hybridized carbons (Fsp3) is 0.308. The third kappa shape index (κ3) is 2.82. The lowest BCUT2D eigenvalue weighted by Gasteiger charge is -2.07. The third-order valence-corrected chi connectivity index (χ3v) is 3.94. The molecule has 0 aliphatic carbocycles. The van der Waals surface area contributed by atoms with Gasteiger partial charge >= 0.3 is 0 Å². The number of nitro benzene ring substituents is 1. The van der Waals surface area contributed by atoms with Gasteiger partial charge in [0.15, 0.2) is 0 Å². The molecule has 106 valence electrons. The van der Waals surface area contributed by atoms with Crippen molar-refractivity contribution < 1.29 is 4.92 Å². The zero-order chi connectivity index (χ0) is 14.9. The Bertz CT molecular complexity index is 667. The van der Waals surface area contributed by atoms with E-state index in [2.05, 4.69) is 26.3 Å². The van der Waals surface area contributed by atoms with E-state index in [0.29, 0.717) is 16.7 Å². The van der Waals surface area contributed by atoms with Crippen molar-refractivity contribution >= 4 is 27.3 Å². The number of anilines is 1. The molecule has 2 rings (SSSR count).